The minimum Gasteiger partial charge on any atom is -0.478 e. The van der Waals surface area contributed by atoms with Crippen molar-refractivity contribution in [2.24, 2.45) is 0 Å². The summed E-state index contributed by atoms with van der Waals surface area (Å²) in [4.78, 5) is 28.7. The van der Waals surface area contributed by atoms with Crippen molar-refractivity contribution in [3.05, 3.63) is 55.8 Å². The van der Waals surface area contributed by atoms with Crippen LogP contribution in [-0.4, -0.2) is 21.0 Å². The fourth-order valence-corrected chi connectivity index (χ4v) is 3.38. The number of hydrogen-bond donors (Lipinski definition) is 2. The number of thioether (sulfide) groups is 1. The molecular formula is C13H10BrFN2O3S. The average Bonchev–Trinajstić information content (AvgIpc) is 2.39. The molecule has 1 heterocycles. The zero-order chi connectivity index (χ0) is 15.6. The van der Waals surface area contributed by atoms with Crippen LogP contribution >= 0.6 is 27.7 Å². The van der Waals surface area contributed by atoms with Gasteiger partial charge in [-0.2, -0.15) is 4.98 Å². The van der Waals surface area contributed by atoms with E-state index in [9.17, 15) is 19.1 Å². The number of H-pyrrole nitrogens is 1. The van der Waals surface area contributed by atoms with E-state index in [1.54, 1.807) is 12.1 Å². The average molecular weight is 373 g/mol. The molecule has 0 bridgehead atoms. The van der Waals surface area contributed by atoms with E-state index in [0.717, 1.165) is 11.8 Å². The van der Waals surface area contributed by atoms with Crippen LogP contribution in [0.4, 0.5) is 4.39 Å². The van der Waals surface area contributed by atoms with E-state index in [0.29, 0.717) is 10.0 Å². The highest BCUT2D eigenvalue weighted by Crippen LogP contribution is 2.29. The SMILES string of the molecule is Cc1[nH]c(=O)nc(SCc2cccc(F)c2Br)c1C(=O)O. The summed E-state index contributed by atoms with van der Waals surface area (Å²) in [5, 5.41) is 9.30. The van der Waals surface area contributed by atoms with Gasteiger partial charge in [0.1, 0.15) is 16.4 Å². The molecule has 0 spiro atoms. The molecule has 8 heteroatoms. The predicted molar refractivity (Wildman–Crippen MR) is 80.2 cm³/mol. The van der Waals surface area contributed by atoms with Gasteiger partial charge >= 0.3 is 11.7 Å². The van der Waals surface area contributed by atoms with E-state index in [1.807, 2.05) is 0 Å². The molecule has 0 aliphatic rings. The molecule has 0 saturated carbocycles. The predicted octanol–water partition coefficient (Wildman–Crippen LogP) is 2.97. The van der Waals surface area contributed by atoms with Gasteiger partial charge in [-0.1, -0.05) is 12.1 Å². The number of carboxylic acid groups (broad SMARTS) is 1. The molecule has 0 amide bonds. The van der Waals surface area contributed by atoms with Crippen molar-refractivity contribution in [3.8, 4) is 0 Å². The molecule has 0 aliphatic carbocycles. The lowest BCUT2D eigenvalue weighted by molar-refractivity contribution is 0.0690. The van der Waals surface area contributed by atoms with Gasteiger partial charge in [-0.05, 0) is 34.5 Å². The maximum absolute atomic E-state index is 13.4. The van der Waals surface area contributed by atoms with Gasteiger partial charge in [0.2, 0.25) is 0 Å². The fourth-order valence-electron chi connectivity index (χ4n) is 1.72. The van der Waals surface area contributed by atoms with Crippen molar-refractivity contribution in [1.82, 2.24) is 9.97 Å². The fraction of sp³-hybridized carbons (Fsp3) is 0.154. The second-order valence-electron chi connectivity index (χ2n) is 4.15. The number of aromatic carboxylic acids is 1. The Hall–Kier alpha value is -1.67. The maximum atomic E-state index is 13.4. The zero-order valence-electron chi connectivity index (χ0n) is 10.8. The molecule has 21 heavy (non-hydrogen) atoms. The summed E-state index contributed by atoms with van der Waals surface area (Å²) < 4.78 is 13.7. The molecule has 0 fully saturated rings. The van der Waals surface area contributed by atoms with E-state index in [1.165, 1.54) is 13.0 Å². The number of halogens is 2. The van der Waals surface area contributed by atoms with E-state index in [4.69, 9.17) is 0 Å². The number of hydrogen-bond acceptors (Lipinski definition) is 4. The first kappa shape index (κ1) is 15.7. The number of carboxylic acids is 1. The van der Waals surface area contributed by atoms with E-state index >= 15 is 0 Å². The Balaban J connectivity index is 2.34. The summed E-state index contributed by atoms with van der Waals surface area (Å²) in [7, 11) is 0. The van der Waals surface area contributed by atoms with Gasteiger partial charge in [0.15, 0.2) is 0 Å². The molecule has 2 aromatic rings. The Morgan fingerprint density at radius 1 is 1.52 bits per heavy atom. The molecule has 0 unspecified atom stereocenters. The third-order valence-corrected chi connectivity index (χ3v) is 4.61. The molecule has 110 valence electrons. The largest absolute Gasteiger partial charge is 0.478 e. The molecule has 2 N–H and O–H groups in total. The van der Waals surface area contributed by atoms with Gasteiger partial charge in [0.05, 0.1) is 4.47 Å². The van der Waals surface area contributed by atoms with Crippen molar-refractivity contribution >= 4 is 33.7 Å². The number of carbonyl (C=O) groups is 1. The monoisotopic (exact) mass is 372 g/mol. The number of aryl methyl sites for hydroxylation is 1. The summed E-state index contributed by atoms with van der Waals surface area (Å²) in [6, 6.07) is 4.59. The minimum absolute atomic E-state index is 0.0490. The summed E-state index contributed by atoms with van der Waals surface area (Å²) >= 11 is 4.21. The van der Waals surface area contributed by atoms with Crippen molar-refractivity contribution in [2.75, 3.05) is 0 Å². The highest BCUT2D eigenvalue weighted by molar-refractivity contribution is 9.10. The Labute approximate surface area is 131 Å². The Bertz CT molecular complexity index is 764. The van der Waals surface area contributed by atoms with Crippen LogP contribution in [0.2, 0.25) is 0 Å². The number of rotatable bonds is 4. The van der Waals surface area contributed by atoms with E-state index in [-0.39, 0.29) is 22.0 Å². The van der Waals surface area contributed by atoms with Gasteiger partial charge < -0.3 is 10.1 Å². The lowest BCUT2D eigenvalue weighted by atomic mass is 10.2. The Kier molecular flexibility index (Phi) is 4.79. The van der Waals surface area contributed by atoms with Crippen LogP contribution in [0.3, 0.4) is 0 Å². The molecule has 2 rings (SSSR count). The summed E-state index contributed by atoms with van der Waals surface area (Å²) in [5.74, 6) is -1.28. The summed E-state index contributed by atoms with van der Waals surface area (Å²) in [5.41, 5.74) is 0.227. The Morgan fingerprint density at radius 2 is 2.24 bits per heavy atom. The van der Waals surface area contributed by atoms with Crippen molar-refractivity contribution in [3.63, 3.8) is 0 Å². The molecule has 0 radical (unpaired) electrons. The van der Waals surface area contributed by atoms with Crippen LogP contribution in [0.5, 0.6) is 0 Å². The van der Waals surface area contributed by atoms with Crippen LogP contribution < -0.4 is 5.69 Å². The van der Waals surface area contributed by atoms with Crippen molar-refractivity contribution in [1.29, 1.82) is 0 Å². The van der Waals surface area contributed by atoms with Crippen LogP contribution in [0, 0.1) is 12.7 Å². The van der Waals surface area contributed by atoms with Gasteiger partial charge in [-0.3, -0.25) is 0 Å². The third-order valence-electron chi connectivity index (χ3n) is 2.70. The molecule has 1 aromatic heterocycles. The third kappa shape index (κ3) is 3.51. The van der Waals surface area contributed by atoms with Gasteiger partial charge in [0.25, 0.3) is 0 Å². The van der Waals surface area contributed by atoms with Crippen LogP contribution in [0.25, 0.3) is 0 Å². The number of nitrogens with zero attached hydrogens (tertiary/aromatic N) is 1. The number of aromatic amines is 1. The second kappa shape index (κ2) is 6.40. The maximum Gasteiger partial charge on any atom is 0.346 e. The standard InChI is InChI=1S/C13H10BrFN2O3S/c1-6-9(12(18)19)11(17-13(20)16-6)21-5-7-3-2-4-8(15)10(7)14/h2-4H,5H2,1H3,(H,18,19)(H,16,17,20). The van der Waals surface area contributed by atoms with Gasteiger partial charge in [-0.15, -0.1) is 11.8 Å². The Morgan fingerprint density at radius 3 is 2.90 bits per heavy atom. The smallest absolute Gasteiger partial charge is 0.346 e. The van der Waals surface area contributed by atoms with Crippen LogP contribution in [0.15, 0.2) is 32.5 Å². The van der Waals surface area contributed by atoms with Crippen molar-refractivity contribution < 1.29 is 14.3 Å². The zero-order valence-corrected chi connectivity index (χ0v) is 13.2. The molecule has 0 atom stereocenters. The van der Waals surface area contributed by atoms with Crippen LogP contribution in [0.1, 0.15) is 21.6 Å². The molecular weight excluding hydrogens is 363 g/mol. The van der Waals surface area contributed by atoms with E-state index < -0.39 is 17.5 Å². The first-order chi connectivity index (χ1) is 9.90. The van der Waals surface area contributed by atoms with Crippen LogP contribution in [-0.2, 0) is 5.75 Å². The van der Waals surface area contributed by atoms with E-state index in [2.05, 4.69) is 25.9 Å². The highest BCUT2D eigenvalue weighted by Gasteiger charge is 2.17. The second-order valence-corrected chi connectivity index (χ2v) is 5.91. The quantitative estimate of drug-likeness (QED) is 0.636. The minimum atomic E-state index is -1.17. The first-order valence-electron chi connectivity index (χ1n) is 5.80. The molecule has 0 aliphatic heterocycles. The van der Waals surface area contributed by atoms with Gasteiger partial charge in [0, 0.05) is 11.4 Å². The number of benzene rings is 1. The van der Waals surface area contributed by atoms with Gasteiger partial charge in [-0.25, -0.2) is 14.0 Å². The number of aromatic nitrogens is 2. The summed E-state index contributed by atoms with van der Waals surface area (Å²) in [6.07, 6.45) is 0. The summed E-state index contributed by atoms with van der Waals surface area (Å²) in [6.45, 7) is 1.49. The lowest BCUT2D eigenvalue weighted by Crippen LogP contribution is -2.18. The topological polar surface area (TPSA) is 83.0 Å². The number of nitrogens with one attached hydrogen (secondary N) is 1. The first-order valence-corrected chi connectivity index (χ1v) is 7.58. The van der Waals surface area contributed by atoms with Crippen molar-refractivity contribution in [2.45, 2.75) is 17.7 Å². The molecule has 5 nitrogen and oxygen atoms in total. The lowest BCUT2D eigenvalue weighted by Gasteiger charge is -2.08. The highest BCUT2D eigenvalue weighted by atomic mass is 79.9. The molecule has 0 saturated heterocycles. The normalized spacial score (nSPS) is 10.6. The molecule has 1 aromatic carbocycles.